The van der Waals surface area contributed by atoms with E-state index in [-0.39, 0.29) is 40.6 Å². The molecule has 275 valence electrons. The maximum atomic E-state index is 2.65. The Morgan fingerprint density at radius 1 is 0.451 bits per heavy atom. The molecule has 4 aromatic rings. The van der Waals surface area contributed by atoms with E-state index >= 15 is 0 Å². The van der Waals surface area contributed by atoms with Crippen LogP contribution in [0.25, 0.3) is 6.08 Å². The van der Waals surface area contributed by atoms with Gasteiger partial charge >= 0.3 is 308 Å². The molecule has 0 N–H and O–H groups in total. The normalized spacial score (nSPS) is 15.6. The van der Waals surface area contributed by atoms with Gasteiger partial charge < -0.3 is 0 Å². The number of hydrogen-bond donors (Lipinski definition) is 0. The zero-order valence-corrected chi connectivity index (χ0v) is 38.3. The molecule has 0 bridgehead atoms. The van der Waals surface area contributed by atoms with E-state index in [2.05, 4.69) is 195 Å². The monoisotopic (exact) mass is 795 g/mol. The van der Waals surface area contributed by atoms with Gasteiger partial charge in [-0.2, -0.15) is 0 Å². The molecule has 51 heavy (non-hydrogen) atoms. The summed E-state index contributed by atoms with van der Waals surface area (Å²) in [6.45, 7) is 30.9. The molecule has 0 saturated heterocycles. The van der Waals surface area contributed by atoms with Crippen molar-refractivity contribution in [2.45, 2.75) is 129 Å². The van der Waals surface area contributed by atoms with Crippen LogP contribution >= 0.6 is 37.2 Å². The second-order valence-electron chi connectivity index (χ2n) is 16.5. The number of halogens is 3. The quantitative estimate of drug-likeness (QED) is 0.111. The molecule has 0 aliphatic heterocycles. The van der Waals surface area contributed by atoms with Gasteiger partial charge in [-0.1, -0.05) is 0 Å². The average Bonchev–Trinajstić information content (AvgIpc) is 3.30. The summed E-state index contributed by atoms with van der Waals surface area (Å²) in [4.78, 5) is 0. The third kappa shape index (κ3) is 8.26. The molecule has 0 fully saturated rings. The Morgan fingerprint density at radius 2 is 0.725 bits per heavy atom. The summed E-state index contributed by atoms with van der Waals surface area (Å²) in [5, 5.41) is 4.65. The molecular weight excluding hydrogens is 735 g/mol. The number of rotatable bonds is 10. The van der Waals surface area contributed by atoms with Gasteiger partial charge in [0, 0.05) is 0 Å². The van der Waals surface area contributed by atoms with E-state index in [0.29, 0.717) is 35.5 Å². The van der Waals surface area contributed by atoms with E-state index < -0.39 is 8.07 Å². The van der Waals surface area contributed by atoms with Gasteiger partial charge in [-0.3, -0.25) is 0 Å². The Labute approximate surface area is 342 Å². The van der Waals surface area contributed by atoms with E-state index in [9.17, 15) is 0 Å². The molecule has 0 aromatic heterocycles. The molecule has 0 radical (unpaired) electrons. The largest absolute Gasteiger partial charge is 0.147 e. The van der Waals surface area contributed by atoms with E-state index in [1.165, 1.54) is 50.1 Å². The van der Waals surface area contributed by atoms with Crippen molar-refractivity contribution >= 4 is 66.9 Å². The molecule has 1 aliphatic rings. The van der Waals surface area contributed by atoms with E-state index in [1.807, 2.05) is 0 Å². The molecule has 0 heterocycles. The summed E-state index contributed by atoms with van der Waals surface area (Å²) in [5.41, 5.74) is 13.1. The first-order valence-corrected chi connectivity index (χ1v) is 21.3. The van der Waals surface area contributed by atoms with Crippen molar-refractivity contribution in [3.05, 3.63) is 129 Å². The zero-order chi connectivity index (χ0) is 35.3. The molecule has 1 aliphatic carbocycles. The zero-order valence-electron chi connectivity index (χ0n) is 33.3. The topological polar surface area (TPSA) is 0 Å². The summed E-state index contributed by atoms with van der Waals surface area (Å²) in [6.07, 6.45) is 2.51. The van der Waals surface area contributed by atoms with Gasteiger partial charge in [-0.05, 0) is 0 Å². The van der Waals surface area contributed by atoms with Crippen LogP contribution in [0.4, 0.5) is 0 Å². The number of hydrogen-bond acceptors (Lipinski definition) is 0. The minimum atomic E-state index is -2.96. The van der Waals surface area contributed by atoms with Crippen molar-refractivity contribution in [3.63, 3.8) is 0 Å². The predicted octanol–water partition coefficient (Wildman–Crippen LogP) is 12.6. The third-order valence-electron chi connectivity index (χ3n) is 11.1. The summed E-state index contributed by atoms with van der Waals surface area (Å²) < 4.78 is -0.207. The fourth-order valence-corrected chi connectivity index (χ4v) is 16.2. The Balaban J connectivity index is 0.00000300. The Hall–Kier alpha value is -1.58. The maximum absolute atomic E-state index is 2.96. The molecule has 5 rings (SSSR count). The van der Waals surface area contributed by atoms with Gasteiger partial charge in [-0.15, -0.1) is 37.2 Å². The Kier molecular flexibility index (Phi) is 15.8. The Bertz CT molecular complexity index is 1600. The summed E-state index contributed by atoms with van der Waals surface area (Å²) in [7, 11) is -2.96. The van der Waals surface area contributed by atoms with Gasteiger partial charge in [-0.25, -0.2) is 0 Å². The van der Waals surface area contributed by atoms with E-state index in [0.717, 1.165) is 0 Å². The first-order valence-electron chi connectivity index (χ1n) is 18.5. The first-order chi connectivity index (χ1) is 22.5. The number of allylic oxidation sites excluding steroid dienone is 1. The minimum Gasteiger partial charge on any atom is -0.147 e. The van der Waals surface area contributed by atoms with Crippen molar-refractivity contribution < 1.29 is 20.4 Å². The fourth-order valence-electron chi connectivity index (χ4n) is 7.84. The number of benzene rings is 4. The van der Waals surface area contributed by atoms with E-state index in [1.54, 1.807) is 15.6 Å². The van der Waals surface area contributed by atoms with Crippen LogP contribution in [0.1, 0.15) is 170 Å². The minimum absolute atomic E-state index is 0. The van der Waals surface area contributed by atoms with Gasteiger partial charge in [0.2, 0.25) is 0 Å². The van der Waals surface area contributed by atoms with Crippen LogP contribution in [0.15, 0.2) is 84.4 Å². The number of fused-ring (bicyclic) bond motifs is 1. The molecule has 5 heteroatoms. The van der Waals surface area contributed by atoms with Crippen LogP contribution in [0.5, 0.6) is 0 Å². The van der Waals surface area contributed by atoms with Crippen LogP contribution in [-0.4, -0.2) is 8.07 Å². The SMILES string of the molecule is CC1=Cc2ccccc2[C]1([Ti])[Si](c1cc(C(C)C)cc(C(C)C)c1)(c1cc(C(C)C)cc(C(C)C)c1)c1cc(C(C)C)cc(C(C)C)c1.Cl.Cl.Cl. The molecule has 4 aromatic carbocycles. The van der Waals surface area contributed by atoms with Crippen molar-refractivity contribution in [2.75, 3.05) is 0 Å². The fraction of sp³-hybridized carbons (Fsp3) is 0.435. The van der Waals surface area contributed by atoms with Crippen LogP contribution in [0.3, 0.4) is 0 Å². The van der Waals surface area contributed by atoms with Crippen LogP contribution < -0.4 is 15.6 Å². The predicted molar refractivity (Wildman–Crippen MR) is 232 cm³/mol. The van der Waals surface area contributed by atoms with Crippen LogP contribution in [0, 0.1) is 0 Å². The van der Waals surface area contributed by atoms with Crippen molar-refractivity contribution in [1.82, 2.24) is 0 Å². The van der Waals surface area contributed by atoms with Crippen molar-refractivity contribution in [1.29, 1.82) is 0 Å². The summed E-state index contributed by atoms with van der Waals surface area (Å²) in [6, 6.07) is 32.7. The molecular formula is C46H62Cl3SiTi. The molecule has 0 spiro atoms. The van der Waals surface area contributed by atoms with Crippen LogP contribution in [-0.2, 0) is 23.8 Å². The molecule has 1 unspecified atom stereocenters. The standard InChI is InChI=1S/C46H59Si.3ClH.Ti/c1-28(2)36-19-37(29(3)4)23-42(22-36)47(46-34(13)18-35-16-14-15-17-45(35)46,43-24-38(30(5)6)20-39(25-43)31(7)8)44-26-40(32(9)10)21-41(27-44)33(11)12;;;;/h14-33H,1-13H3;3*1H;. The summed E-state index contributed by atoms with van der Waals surface area (Å²) >= 11 is 2.63. The van der Waals surface area contributed by atoms with Gasteiger partial charge in [0.1, 0.15) is 0 Å². The van der Waals surface area contributed by atoms with Crippen LogP contribution in [0.2, 0.25) is 0 Å². The van der Waals surface area contributed by atoms with Crippen molar-refractivity contribution in [2.24, 2.45) is 0 Å². The van der Waals surface area contributed by atoms with Gasteiger partial charge in [0.05, 0.1) is 0 Å². The molecule has 0 amide bonds. The second-order valence-corrected chi connectivity index (χ2v) is 22.4. The molecule has 0 saturated carbocycles. The summed E-state index contributed by atoms with van der Waals surface area (Å²) in [5.74, 6) is 2.64. The molecule has 1 atom stereocenters. The Morgan fingerprint density at radius 3 is 1.00 bits per heavy atom. The van der Waals surface area contributed by atoms with Crippen molar-refractivity contribution in [3.8, 4) is 0 Å². The average molecular weight is 797 g/mol. The van der Waals surface area contributed by atoms with E-state index in [4.69, 9.17) is 0 Å². The maximum Gasteiger partial charge on any atom is -0.147 e. The third-order valence-corrected chi connectivity index (χ3v) is 19.2. The second kappa shape index (κ2) is 17.7. The molecule has 0 nitrogen and oxygen atoms in total. The first kappa shape index (κ1) is 45.6. The smallest absolute Gasteiger partial charge is 0.147 e. The van der Waals surface area contributed by atoms with Gasteiger partial charge in [0.25, 0.3) is 0 Å². The van der Waals surface area contributed by atoms with Gasteiger partial charge in [0.15, 0.2) is 0 Å².